The number of anilines is 1. The Morgan fingerprint density at radius 1 is 1.40 bits per heavy atom. The van der Waals surface area contributed by atoms with E-state index >= 15 is 0 Å². The fourth-order valence-corrected chi connectivity index (χ4v) is 0.764. The summed E-state index contributed by atoms with van der Waals surface area (Å²) >= 11 is 0. The highest BCUT2D eigenvalue weighted by molar-refractivity contribution is 5.56. The van der Waals surface area contributed by atoms with E-state index in [9.17, 15) is 0 Å². The van der Waals surface area contributed by atoms with Crippen LogP contribution in [0.4, 0.5) is 5.69 Å². The minimum atomic E-state index is 0.755. The first-order valence-corrected chi connectivity index (χ1v) is 2.98. The van der Waals surface area contributed by atoms with Gasteiger partial charge in [0.05, 0.1) is 19.8 Å². The van der Waals surface area contributed by atoms with Crippen LogP contribution < -0.4 is 10.1 Å². The number of para-hydroxylation sites is 2. The van der Waals surface area contributed by atoms with Crippen LogP contribution in [0.25, 0.3) is 0 Å². The lowest BCUT2D eigenvalue weighted by atomic mass is 10.3. The number of methoxy groups -OCH3 is 1. The first-order chi connectivity index (χ1) is 4.88. The summed E-state index contributed by atoms with van der Waals surface area (Å²) in [6, 6.07) is 7.46. The lowest BCUT2D eigenvalue weighted by molar-refractivity contribution is 0.417. The summed E-state index contributed by atoms with van der Waals surface area (Å²) in [6.07, 6.45) is 0. The van der Waals surface area contributed by atoms with Gasteiger partial charge in [-0.15, -0.1) is 0 Å². The molecule has 2 radical (unpaired) electrons. The van der Waals surface area contributed by atoms with Gasteiger partial charge in [0.25, 0.3) is 0 Å². The number of rotatable bonds is 2. The minimum Gasteiger partial charge on any atom is -0.495 e. The smallest absolute Gasteiger partial charge is 0.141 e. The molecule has 0 saturated carbocycles. The second kappa shape index (κ2) is 3.11. The Labute approximate surface area is 60.8 Å². The molecule has 0 bridgehead atoms. The first-order valence-electron chi connectivity index (χ1n) is 2.98. The Hall–Kier alpha value is -1.18. The fraction of sp³-hybridized carbons (Fsp3) is 0.125. The summed E-state index contributed by atoms with van der Waals surface area (Å²) in [5.74, 6) is 0.755. The molecule has 10 heavy (non-hydrogen) atoms. The lowest BCUT2D eigenvalue weighted by Crippen LogP contribution is -1.89. The van der Waals surface area contributed by atoms with Crippen LogP contribution in [0.3, 0.4) is 0 Å². The van der Waals surface area contributed by atoms with Gasteiger partial charge in [0, 0.05) is 0 Å². The summed E-state index contributed by atoms with van der Waals surface area (Å²) in [5, 5.41) is 2.52. The summed E-state index contributed by atoms with van der Waals surface area (Å²) in [4.78, 5) is 0. The van der Waals surface area contributed by atoms with Gasteiger partial charge in [0.2, 0.25) is 0 Å². The van der Waals surface area contributed by atoms with E-state index in [1.807, 2.05) is 24.3 Å². The zero-order chi connectivity index (χ0) is 7.40. The van der Waals surface area contributed by atoms with Crippen molar-refractivity contribution in [2.24, 2.45) is 0 Å². The van der Waals surface area contributed by atoms with E-state index in [1.54, 1.807) is 7.11 Å². The quantitative estimate of drug-likeness (QED) is 0.624. The normalized spacial score (nSPS) is 9.00. The molecule has 2 nitrogen and oxygen atoms in total. The Morgan fingerprint density at radius 3 is 2.60 bits per heavy atom. The molecule has 0 aliphatic rings. The summed E-state index contributed by atoms with van der Waals surface area (Å²) in [5.41, 5.74) is 0.796. The van der Waals surface area contributed by atoms with Crippen molar-refractivity contribution < 1.29 is 4.74 Å². The maximum absolute atomic E-state index is 5.20. The fourth-order valence-electron chi connectivity index (χ4n) is 0.764. The van der Waals surface area contributed by atoms with Crippen molar-refractivity contribution in [3.63, 3.8) is 0 Å². The van der Waals surface area contributed by atoms with E-state index in [2.05, 4.69) is 5.32 Å². The largest absolute Gasteiger partial charge is 0.495 e. The topological polar surface area (TPSA) is 21.3 Å². The van der Waals surface area contributed by atoms with E-state index in [0.29, 0.717) is 0 Å². The lowest BCUT2D eigenvalue weighted by Gasteiger charge is -2.05. The third-order valence-corrected chi connectivity index (χ3v) is 1.26. The van der Waals surface area contributed by atoms with Crippen molar-refractivity contribution in [2.45, 2.75) is 0 Å². The maximum atomic E-state index is 5.20. The van der Waals surface area contributed by atoms with E-state index in [1.165, 1.54) is 0 Å². The third-order valence-electron chi connectivity index (χ3n) is 1.26. The van der Waals surface area contributed by atoms with Gasteiger partial charge in [0.1, 0.15) is 5.75 Å². The molecule has 1 N–H and O–H groups in total. The molecule has 52 valence electrons. The molecule has 0 atom stereocenters. The summed E-state index contributed by atoms with van der Waals surface area (Å²) in [6.45, 7) is 0. The molecule has 0 aliphatic heterocycles. The molecular formula is C8H9NO. The third kappa shape index (κ3) is 1.21. The molecule has 0 saturated heterocycles. The zero-order valence-electron chi connectivity index (χ0n) is 5.79. The average Bonchev–Trinajstić information content (AvgIpc) is 2.04. The molecule has 0 aliphatic carbocycles. The number of hydrogen-bond donors (Lipinski definition) is 1. The van der Waals surface area contributed by atoms with Gasteiger partial charge in [-0.1, -0.05) is 12.1 Å². The number of ether oxygens (including phenoxy) is 1. The van der Waals surface area contributed by atoms with Crippen molar-refractivity contribution in [2.75, 3.05) is 12.4 Å². The van der Waals surface area contributed by atoms with Crippen LogP contribution >= 0.6 is 0 Å². The molecule has 0 unspecified atom stereocenters. The van der Waals surface area contributed by atoms with Crippen LogP contribution in [0.1, 0.15) is 0 Å². The molecular weight excluding hydrogens is 126 g/mol. The molecule has 2 heteroatoms. The second-order valence-corrected chi connectivity index (χ2v) is 1.84. The SMILES string of the molecule is [CH]Nc1ccccc1OC. The van der Waals surface area contributed by atoms with E-state index in [0.717, 1.165) is 11.4 Å². The van der Waals surface area contributed by atoms with E-state index < -0.39 is 0 Å². The van der Waals surface area contributed by atoms with Crippen LogP contribution in [0.5, 0.6) is 5.75 Å². The highest BCUT2D eigenvalue weighted by Gasteiger charge is 1.95. The molecule has 0 spiro atoms. The van der Waals surface area contributed by atoms with Gasteiger partial charge in [-0.05, 0) is 12.1 Å². The predicted molar refractivity (Wildman–Crippen MR) is 40.9 cm³/mol. The summed E-state index contributed by atoms with van der Waals surface area (Å²) < 4.78 is 4.99. The van der Waals surface area contributed by atoms with Gasteiger partial charge >= 0.3 is 0 Å². The Bertz CT molecular complexity index is 187. The predicted octanol–water partition coefficient (Wildman–Crippen LogP) is 1.78. The average molecular weight is 135 g/mol. The van der Waals surface area contributed by atoms with Gasteiger partial charge in [-0.25, -0.2) is 0 Å². The zero-order valence-corrected chi connectivity index (χ0v) is 5.79. The molecule has 0 fully saturated rings. The van der Waals surface area contributed by atoms with E-state index in [-0.39, 0.29) is 0 Å². The molecule has 1 rings (SSSR count). The number of hydrogen-bond acceptors (Lipinski definition) is 2. The van der Waals surface area contributed by atoms with Crippen molar-refractivity contribution in [1.29, 1.82) is 0 Å². The first kappa shape index (κ1) is 6.93. The van der Waals surface area contributed by atoms with Crippen LogP contribution in [0.15, 0.2) is 24.3 Å². The highest BCUT2D eigenvalue weighted by Crippen LogP contribution is 2.21. The maximum Gasteiger partial charge on any atom is 0.141 e. The molecule has 0 amide bonds. The highest BCUT2D eigenvalue weighted by atomic mass is 16.5. The van der Waals surface area contributed by atoms with Crippen molar-refractivity contribution in [3.8, 4) is 5.75 Å². The van der Waals surface area contributed by atoms with Crippen molar-refractivity contribution in [3.05, 3.63) is 31.3 Å². The molecule has 1 aromatic carbocycles. The van der Waals surface area contributed by atoms with Gasteiger partial charge < -0.3 is 10.1 Å². The Morgan fingerprint density at radius 2 is 2.10 bits per heavy atom. The van der Waals surface area contributed by atoms with Crippen LogP contribution in [-0.4, -0.2) is 7.11 Å². The molecule has 1 aromatic rings. The summed E-state index contributed by atoms with van der Waals surface area (Å²) in [7, 11) is 6.80. The van der Waals surface area contributed by atoms with Crippen LogP contribution in [0, 0.1) is 7.05 Å². The second-order valence-electron chi connectivity index (χ2n) is 1.84. The number of nitrogens with one attached hydrogen (secondary N) is 1. The monoisotopic (exact) mass is 135 g/mol. The Kier molecular flexibility index (Phi) is 2.15. The molecule has 0 aromatic heterocycles. The minimum absolute atomic E-state index is 0.755. The van der Waals surface area contributed by atoms with Crippen molar-refractivity contribution >= 4 is 5.69 Å². The standard InChI is InChI=1S/C8H9NO/c1-9-7-5-3-4-6-8(7)10-2/h1,3-6,9H,2H3. The Balaban J connectivity index is 2.96. The van der Waals surface area contributed by atoms with Crippen molar-refractivity contribution in [1.82, 2.24) is 0 Å². The van der Waals surface area contributed by atoms with Crippen LogP contribution in [-0.2, 0) is 0 Å². The van der Waals surface area contributed by atoms with Gasteiger partial charge in [-0.2, -0.15) is 0 Å². The molecule has 0 heterocycles. The van der Waals surface area contributed by atoms with E-state index in [4.69, 9.17) is 11.8 Å². The van der Waals surface area contributed by atoms with Crippen LogP contribution in [0.2, 0.25) is 0 Å². The van der Waals surface area contributed by atoms with Gasteiger partial charge in [0.15, 0.2) is 0 Å². The number of benzene rings is 1. The van der Waals surface area contributed by atoms with Gasteiger partial charge in [-0.3, -0.25) is 0 Å².